The lowest BCUT2D eigenvalue weighted by Crippen LogP contribution is -2.43. The van der Waals surface area contributed by atoms with Crippen molar-refractivity contribution in [2.45, 2.75) is 52.2 Å². The smallest absolute Gasteiger partial charge is 0.407 e. The summed E-state index contributed by atoms with van der Waals surface area (Å²) in [4.78, 5) is 54.8. The second-order valence-corrected chi connectivity index (χ2v) is 9.33. The molecular weight excluding hydrogens is 458 g/mol. The van der Waals surface area contributed by atoms with Crippen LogP contribution in [0.2, 0.25) is 0 Å². The molecule has 35 heavy (non-hydrogen) atoms. The van der Waals surface area contributed by atoms with Crippen LogP contribution >= 0.6 is 0 Å². The van der Waals surface area contributed by atoms with Gasteiger partial charge in [0, 0.05) is 31.7 Å². The van der Waals surface area contributed by atoms with Crippen molar-refractivity contribution in [2.75, 3.05) is 17.2 Å². The zero-order valence-electron chi connectivity index (χ0n) is 19.7. The van der Waals surface area contributed by atoms with Crippen LogP contribution < -0.4 is 20.7 Å². The fourth-order valence-electron chi connectivity index (χ4n) is 3.21. The Bertz CT molecular complexity index is 1080. The van der Waals surface area contributed by atoms with Crippen LogP contribution in [0.1, 0.15) is 39.2 Å². The molecule has 12 heteroatoms. The first-order valence-electron chi connectivity index (χ1n) is 11.1. The molecule has 0 bridgehead atoms. The Kier molecular flexibility index (Phi) is 7.94. The second kappa shape index (κ2) is 10.9. The van der Waals surface area contributed by atoms with Crippen LogP contribution in [-0.2, 0) is 25.5 Å². The number of aliphatic carboxylic acids is 1. The minimum atomic E-state index is -1.22. The number of nitrogens with one attached hydrogen (secondary N) is 4. The van der Waals surface area contributed by atoms with E-state index in [4.69, 9.17) is 9.47 Å². The first kappa shape index (κ1) is 25.5. The number of H-pyrrole nitrogens is 1. The molecule has 1 aliphatic rings. The first-order valence-corrected chi connectivity index (χ1v) is 11.1. The van der Waals surface area contributed by atoms with Crippen molar-refractivity contribution < 1.29 is 33.8 Å². The van der Waals surface area contributed by atoms with Crippen LogP contribution in [0, 0.1) is 5.41 Å². The van der Waals surface area contributed by atoms with Gasteiger partial charge in [0.25, 0.3) is 5.91 Å². The van der Waals surface area contributed by atoms with Gasteiger partial charge in [0.2, 0.25) is 11.9 Å². The Morgan fingerprint density at radius 1 is 1.29 bits per heavy atom. The largest absolute Gasteiger partial charge is 0.480 e. The van der Waals surface area contributed by atoms with Crippen molar-refractivity contribution in [1.82, 2.24) is 15.3 Å². The number of hydrogen-bond donors (Lipinski definition) is 5. The highest BCUT2D eigenvalue weighted by Gasteiger charge is 2.29. The summed E-state index contributed by atoms with van der Waals surface area (Å²) in [6, 6.07) is 3.62. The summed E-state index contributed by atoms with van der Waals surface area (Å²) in [5.74, 6) is -1.24. The first-order chi connectivity index (χ1) is 16.5. The number of fused-ring (bicyclic) bond motifs is 1. The molecule has 1 aliphatic heterocycles. The molecule has 3 amide bonds. The van der Waals surface area contributed by atoms with Gasteiger partial charge in [0.05, 0.1) is 12.3 Å². The van der Waals surface area contributed by atoms with Gasteiger partial charge in [-0.2, -0.15) is 0 Å². The highest BCUT2D eigenvalue weighted by atomic mass is 16.5. The molecule has 3 rings (SSSR count). The van der Waals surface area contributed by atoms with E-state index >= 15 is 0 Å². The van der Waals surface area contributed by atoms with E-state index < -0.39 is 30.1 Å². The number of amides is 3. The molecule has 0 saturated heterocycles. The molecule has 0 saturated carbocycles. The molecule has 188 valence electrons. The Labute approximate surface area is 201 Å². The summed E-state index contributed by atoms with van der Waals surface area (Å²) >= 11 is 0. The number of ether oxygens (including phenoxy) is 2. The fourth-order valence-corrected chi connectivity index (χ4v) is 3.21. The summed E-state index contributed by atoms with van der Waals surface area (Å²) in [6.07, 6.45) is 1.57. The number of anilines is 2. The number of aromatic nitrogens is 2. The highest BCUT2D eigenvalue weighted by molar-refractivity contribution is 5.98. The molecule has 1 aromatic carbocycles. The lowest BCUT2D eigenvalue weighted by atomic mass is 9.99. The minimum Gasteiger partial charge on any atom is -0.480 e. The molecule has 1 aromatic heterocycles. The van der Waals surface area contributed by atoms with E-state index in [1.165, 1.54) is 6.20 Å². The van der Waals surface area contributed by atoms with Crippen molar-refractivity contribution in [3.8, 4) is 5.75 Å². The Morgan fingerprint density at radius 2 is 2.06 bits per heavy atom. The van der Waals surface area contributed by atoms with Crippen molar-refractivity contribution in [3.63, 3.8) is 0 Å². The van der Waals surface area contributed by atoms with Crippen LogP contribution in [0.15, 0.2) is 30.6 Å². The van der Waals surface area contributed by atoms with E-state index in [2.05, 4.69) is 25.9 Å². The second-order valence-electron chi connectivity index (χ2n) is 9.33. The molecule has 2 aromatic rings. The number of hydrogen-bond acceptors (Lipinski definition) is 7. The maximum Gasteiger partial charge on any atom is 0.407 e. The maximum absolute atomic E-state index is 12.5. The van der Waals surface area contributed by atoms with E-state index in [0.717, 1.165) is 0 Å². The zero-order valence-corrected chi connectivity index (χ0v) is 19.7. The summed E-state index contributed by atoms with van der Waals surface area (Å²) in [6.45, 7) is 5.80. The molecular formula is C23H29N5O7. The molecule has 0 radical (unpaired) electrons. The number of nitrogens with zero attached hydrogens (tertiary/aromatic N) is 1. The summed E-state index contributed by atoms with van der Waals surface area (Å²) in [5, 5.41) is 17.2. The van der Waals surface area contributed by atoms with Crippen LogP contribution in [0.5, 0.6) is 5.75 Å². The average molecular weight is 488 g/mol. The number of carbonyl (C=O) groups excluding carboxylic acids is 3. The van der Waals surface area contributed by atoms with Gasteiger partial charge in [-0.15, -0.1) is 0 Å². The molecule has 5 N–H and O–H groups in total. The van der Waals surface area contributed by atoms with Crippen LogP contribution in [-0.4, -0.2) is 57.7 Å². The number of rotatable bonds is 9. The van der Waals surface area contributed by atoms with Crippen molar-refractivity contribution in [2.24, 2.45) is 5.41 Å². The van der Waals surface area contributed by atoms with Crippen LogP contribution in [0.3, 0.4) is 0 Å². The Balaban J connectivity index is 1.56. The van der Waals surface area contributed by atoms with Gasteiger partial charge >= 0.3 is 12.1 Å². The van der Waals surface area contributed by atoms with Gasteiger partial charge in [0.1, 0.15) is 11.8 Å². The van der Waals surface area contributed by atoms with Crippen molar-refractivity contribution >= 4 is 35.5 Å². The molecule has 1 unspecified atom stereocenters. The third-order valence-electron chi connectivity index (χ3n) is 4.92. The minimum absolute atomic E-state index is 0.0283. The van der Waals surface area contributed by atoms with Crippen LogP contribution in [0.4, 0.5) is 16.4 Å². The van der Waals surface area contributed by atoms with Gasteiger partial charge in [-0.1, -0.05) is 26.8 Å². The molecule has 2 atom stereocenters. The number of carboxylic acid groups (broad SMARTS) is 1. The number of imidazole rings is 1. The van der Waals surface area contributed by atoms with Gasteiger partial charge in [-0.05, 0) is 23.1 Å². The van der Waals surface area contributed by atoms with E-state index in [1.54, 1.807) is 24.4 Å². The quantitative estimate of drug-likeness (QED) is 0.358. The maximum atomic E-state index is 12.5. The zero-order chi connectivity index (χ0) is 25.6. The summed E-state index contributed by atoms with van der Waals surface area (Å²) in [7, 11) is 0. The van der Waals surface area contributed by atoms with Gasteiger partial charge in [-0.25, -0.2) is 14.6 Å². The van der Waals surface area contributed by atoms with Gasteiger partial charge < -0.3 is 30.2 Å². The standard InChI is InChI=1S/C23H29N5O7/c1-23(2,3)12-34-22(33)27-15(20(31)32)11-13-4-5-16-14(10-13)26-19(30)17(35-16)6-7-18(29)28-21-24-8-9-25-21/h4-5,8-10,15,17H,6-7,11-12H2,1-3H3,(H,26,30)(H,27,33)(H,31,32)(H2,24,25,28,29)/t15?,17-/m0/s1. The predicted octanol–water partition coefficient (Wildman–Crippen LogP) is 2.30. The summed E-state index contributed by atoms with van der Waals surface area (Å²) in [5.41, 5.74) is 0.684. The monoisotopic (exact) mass is 487 g/mol. The van der Waals surface area contributed by atoms with E-state index in [1.807, 2.05) is 20.8 Å². The lowest BCUT2D eigenvalue weighted by molar-refractivity contribution is -0.139. The lowest BCUT2D eigenvalue weighted by Gasteiger charge is -2.26. The van der Waals surface area contributed by atoms with E-state index in [0.29, 0.717) is 22.9 Å². The molecule has 12 nitrogen and oxygen atoms in total. The number of carboxylic acids is 1. The molecule has 0 fully saturated rings. The number of carbonyl (C=O) groups is 4. The number of aromatic amines is 1. The topological polar surface area (TPSA) is 172 Å². The molecule has 2 heterocycles. The third-order valence-corrected chi connectivity index (χ3v) is 4.92. The van der Waals surface area contributed by atoms with Gasteiger partial charge in [-0.3, -0.25) is 14.9 Å². The van der Waals surface area contributed by atoms with Crippen LogP contribution in [0.25, 0.3) is 0 Å². The Hall–Kier alpha value is -4.09. The highest BCUT2D eigenvalue weighted by Crippen LogP contribution is 2.32. The Morgan fingerprint density at radius 3 is 2.71 bits per heavy atom. The third kappa shape index (κ3) is 7.73. The normalized spacial score (nSPS) is 15.7. The number of benzene rings is 1. The fraction of sp³-hybridized carbons (Fsp3) is 0.435. The van der Waals surface area contributed by atoms with Gasteiger partial charge in [0.15, 0.2) is 6.10 Å². The predicted molar refractivity (Wildman–Crippen MR) is 125 cm³/mol. The SMILES string of the molecule is CC(C)(C)COC(=O)NC(Cc1ccc2c(c1)NC(=O)[C@H](CCC(=O)Nc1ncc[nH]1)O2)C(=O)O. The van der Waals surface area contributed by atoms with Crippen molar-refractivity contribution in [1.29, 1.82) is 0 Å². The number of alkyl carbamates (subject to hydrolysis) is 1. The summed E-state index contributed by atoms with van der Waals surface area (Å²) < 4.78 is 10.8. The van der Waals surface area contributed by atoms with Crippen molar-refractivity contribution in [3.05, 3.63) is 36.2 Å². The average Bonchev–Trinajstić information content (AvgIpc) is 3.28. The van der Waals surface area contributed by atoms with E-state index in [9.17, 15) is 24.3 Å². The molecule has 0 spiro atoms. The molecule has 0 aliphatic carbocycles. The van der Waals surface area contributed by atoms with E-state index in [-0.39, 0.29) is 37.2 Å².